The number of fused-ring (bicyclic) bond motifs is 1. The van der Waals surface area contributed by atoms with Gasteiger partial charge in [0.15, 0.2) is 11.9 Å². The number of ketones is 1. The minimum atomic E-state index is -0.853. The van der Waals surface area contributed by atoms with E-state index in [9.17, 15) is 9.59 Å². The first-order chi connectivity index (χ1) is 6.68. The molecule has 1 unspecified atom stereocenters. The summed E-state index contributed by atoms with van der Waals surface area (Å²) in [7, 11) is 0. The lowest BCUT2D eigenvalue weighted by atomic mass is 10.0. The Morgan fingerprint density at radius 3 is 3.14 bits per heavy atom. The highest BCUT2D eigenvalue weighted by molar-refractivity contribution is 6.02. The van der Waals surface area contributed by atoms with Crippen LogP contribution < -0.4 is 10.5 Å². The van der Waals surface area contributed by atoms with Crippen LogP contribution in [0.2, 0.25) is 0 Å². The number of ether oxygens (including phenoxy) is 1. The Labute approximate surface area is 80.7 Å². The minimum absolute atomic E-state index is 0.0141. The van der Waals surface area contributed by atoms with Crippen molar-refractivity contribution in [1.29, 1.82) is 0 Å². The summed E-state index contributed by atoms with van der Waals surface area (Å²) >= 11 is 0. The van der Waals surface area contributed by atoms with Gasteiger partial charge in [0.05, 0.1) is 12.0 Å². The van der Waals surface area contributed by atoms with E-state index in [0.717, 1.165) is 0 Å². The van der Waals surface area contributed by atoms with E-state index >= 15 is 0 Å². The Kier molecular flexibility index (Phi) is 1.96. The summed E-state index contributed by atoms with van der Waals surface area (Å²) in [5.74, 6) is -0.444. The maximum absolute atomic E-state index is 11.5. The summed E-state index contributed by atoms with van der Waals surface area (Å²) < 4.78 is 5.21. The predicted octanol–water partition coefficient (Wildman–Crippen LogP) is 0.306. The minimum Gasteiger partial charge on any atom is -0.479 e. The molecule has 0 spiro atoms. The van der Waals surface area contributed by atoms with Crippen molar-refractivity contribution in [2.45, 2.75) is 12.5 Å². The molecule has 14 heavy (non-hydrogen) atoms. The smallest absolute Gasteiger partial charge is 0.258 e. The second kappa shape index (κ2) is 3.14. The van der Waals surface area contributed by atoms with Crippen LogP contribution >= 0.6 is 0 Å². The molecule has 0 saturated heterocycles. The lowest BCUT2D eigenvalue weighted by Gasteiger charge is -2.22. The Balaban J connectivity index is 2.38. The molecule has 0 aromatic heterocycles. The van der Waals surface area contributed by atoms with E-state index in [2.05, 4.69) is 6.07 Å². The molecule has 0 saturated carbocycles. The monoisotopic (exact) mass is 190 g/mol. The normalized spacial score (nSPS) is 19.7. The molecule has 0 aliphatic carbocycles. The fourth-order valence-corrected chi connectivity index (χ4v) is 1.36. The van der Waals surface area contributed by atoms with Gasteiger partial charge < -0.3 is 10.5 Å². The molecule has 1 atom stereocenters. The summed E-state index contributed by atoms with van der Waals surface area (Å²) in [5.41, 5.74) is 5.52. The van der Waals surface area contributed by atoms with E-state index in [1.54, 1.807) is 18.2 Å². The summed E-state index contributed by atoms with van der Waals surface area (Å²) in [6.07, 6.45) is -0.839. The van der Waals surface area contributed by atoms with Gasteiger partial charge in [-0.15, -0.1) is 0 Å². The van der Waals surface area contributed by atoms with Crippen LogP contribution in [0.25, 0.3) is 0 Å². The number of para-hydroxylation sites is 1. The van der Waals surface area contributed by atoms with E-state index in [0.29, 0.717) is 11.3 Å². The summed E-state index contributed by atoms with van der Waals surface area (Å²) in [4.78, 5) is 22.3. The Morgan fingerprint density at radius 1 is 1.64 bits per heavy atom. The van der Waals surface area contributed by atoms with Crippen LogP contribution in [-0.4, -0.2) is 17.8 Å². The van der Waals surface area contributed by atoms with Crippen molar-refractivity contribution in [3.8, 4) is 5.75 Å². The molecule has 2 rings (SSSR count). The molecule has 4 heteroatoms. The second-order valence-electron chi connectivity index (χ2n) is 3.05. The van der Waals surface area contributed by atoms with Crippen molar-refractivity contribution in [2.75, 3.05) is 0 Å². The lowest BCUT2D eigenvalue weighted by Crippen LogP contribution is -2.38. The molecule has 1 aromatic carbocycles. The van der Waals surface area contributed by atoms with Gasteiger partial charge >= 0.3 is 0 Å². The van der Waals surface area contributed by atoms with Gasteiger partial charge in [-0.1, -0.05) is 12.1 Å². The molecule has 4 nitrogen and oxygen atoms in total. The van der Waals surface area contributed by atoms with Gasteiger partial charge in [-0.2, -0.15) is 0 Å². The number of amides is 1. The molecule has 0 fully saturated rings. The van der Waals surface area contributed by atoms with Crippen molar-refractivity contribution < 1.29 is 14.3 Å². The molecular formula is C10H8NO3. The molecule has 1 heterocycles. The summed E-state index contributed by atoms with van der Waals surface area (Å²) in [6, 6.07) is 7.72. The van der Waals surface area contributed by atoms with Gasteiger partial charge in [-0.3, -0.25) is 9.59 Å². The molecule has 1 aliphatic rings. The predicted molar refractivity (Wildman–Crippen MR) is 47.8 cm³/mol. The molecule has 1 amide bonds. The van der Waals surface area contributed by atoms with Crippen molar-refractivity contribution in [3.63, 3.8) is 0 Å². The molecule has 1 aromatic rings. The average molecular weight is 190 g/mol. The van der Waals surface area contributed by atoms with Crippen LogP contribution in [0.4, 0.5) is 0 Å². The highest BCUT2D eigenvalue weighted by atomic mass is 16.5. The number of nitrogens with two attached hydrogens (primary N) is 1. The highest BCUT2D eigenvalue weighted by Gasteiger charge is 2.29. The standard InChI is InChI=1S/C10H8NO3/c11-10(13)9-5-7(12)6-3-1-2-4-8(6)14-9/h1-3,9H,5H2,(H2,11,13). The number of hydrogen-bond donors (Lipinski definition) is 1. The number of carbonyl (C=O) groups is 2. The Bertz CT molecular complexity index is 400. The fourth-order valence-electron chi connectivity index (χ4n) is 1.36. The summed E-state index contributed by atoms with van der Waals surface area (Å²) in [5, 5.41) is 0. The van der Waals surface area contributed by atoms with E-state index in [-0.39, 0.29) is 12.2 Å². The van der Waals surface area contributed by atoms with Crippen LogP contribution in [-0.2, 0) is 4.79 Å². The number of Topliss-reactive ketones (excluding diaryl/α,β-unsaturated/α-hetero) is 1. The van der Waals surface area contributed by atoms with Gasteiger partial charge in [-0.25, -0.2) is 0 Å². The number of hydrogen-bond acceptors (Lipinski definition) is 3. The van der Waals surface area contributed by atoms with E-state index < -0.39 is 12.0 Å². The van der Waals surface area contributed by atoms with E-state index in [4.69, 9.17) is 10.5 Å². The number of carbonyl (C=O) groups excluding carboxylic acids is 2. The maximum atomic E-state index is 11.5. The third-order valence-corrected chi connectivity index (χ3v) is 2.07. The maximum Gasteiger partial charge on any atom is 0.258 e. The first-order valence-electron chi connectivity index (χ1n) is 4.18. The third-order valence-electron chi connectivity index (χ3n) is 2.07. The molecule has 2 N–H and O–H groups in total. The van der Waals surface area contributed by atoms with Gasteiger partial charge in [0.1, 0.15) is 5.75 Å². The van der Waals surface area contributed by atoms with Crippen LogP contribution in [0.15, 0.2) is 18.2 Å². The number of benzene rings is 1. The fraction of sp³-hybridized carbons (Fsp3) is 0.200. The van der Waals surface area contributed by atoms with E-state index in [1.807, 2.05) is 0 Å². The van der Waals surface area contributed by atoms with Crippen molar-refractivity contribution in [1.82, 2.24) is 0 Å². The Hall–Kier alpha value is -1.84. The molecule has 1 radical (unpaired) electrons. The summed E-state index contributed by atoms with van der Waals surface area (Å²) in [6.45, 7) is 0. The van der Waals surface area contributed by atoms with Gasteiger partial charge in [0, 0.05) is 6.07 Å². The SMILES string of the molecule is NC(=O)C1CC(=O)c2ccc[c]c2O1. The zero-order chi connectivity index (χ0) is 10.1. The van der Waals surface area contributed by atoms with E-state index in [1.165, 1.54) is 0 Å². The van der Waals surface area contributed by atoms with Crippen molar-refractivity contribution in [3.05, 3.63) is 29.8 Å². The van der Waals surface area contributed by atoms with Gasteiger partial charge in [0.2, 0.25) is 0 Å². The van der Waals surface area contributed by atoms with Gasteiger partial charge in [0.25, 0.3) is 5.91 Å². The number of primary amides is 1. The Morgan fingerprint density at radius 2 is 2.43 bits per heavy atom. The van der Waals surface area contributed by atoms with Crippen molar-refractivity contribution >= 4 is 11.7 Å². The molecule has 1 aliphatic heterocycles. The first kappa shape index (κ1) is 8.74. The topological polar surface area (TPSA) is 69.4 Å². The zero-order valence-corrected chi connectivity index (χ0v) is 7.32. The van der Waals surface area contributed by atoms with Crippen LogP contribution in [0.3, 0.4) is 0 Å². The van der Waals surface area contributed by atoms with Crippen LogP contribution in [0.5, 0.6) is 5.75 Å². The lowest BCUT2D eigenvalue weighted by molar-refractivity contribution is -0.124. The highest BCUT2D eigenvalue weighted by Crippen LogP contribution is 2.26. The quantitative estimate of drug-likeness (QED) is 0.692. The molecular weight excluding hydrogens is 182 g/mol. The largest absolute Gasteiger partial charge is 0.479 e. The zero-order valence-electron chi connectivity index (χ0n) is 7.32. The van der Waals surface area contributed by atoms with Crippen LogP contribution in [0.1, 0.15) is 16.8 Å². The average Bonchev–Trinajstić information content (AvgIpc) is 2.17. The molecule has 0 bridgehead atoms. The van der Waals surface area contributed by atoms with Gasteiger partial charge in [-0.05, 0) is 6.07 Å². The third kappa shape index (κ3) is 1.35. The molecule has 71 valence electrons. The van der Waals surface area contributed by atoms with Crippen LogP contribution in [0, 0.1) is 6.07 Å². The number of rotatable bonds is 1. The first-order valence-corrected chi connectivity index (χ1v) is 4.18. The second-order valence-corrected chi connectivity index (χ2v) is 3.05. The van der Waals surface area contributed by atoms with Crippen molar-refractivity contribution in [2.24, 2.45) is 5.73 Å².